The second-order valence-corrected chi connectivity index (χ2v) is 4.38. The number of hydrogen-bond acceptors (Lipinski definition) is 3. The summed E-state index contributed by atoms with van der Waals surface area (Å²) in [7, 11) is 0. The number of nitrogens with zero attached hydrogens (tertiary/aromatic N) is 1. The number of aromatic amines is 1. The predicted octanol–water partition coefficient (Wildman–Crippen LogP) is 2.39. The first-order valence-corrected chi connectivity index (χ1v) is 5.99. The first kappa shape index (κ1) is 11.5. The van der Waals surface area contributed by atoms with Gasteiger partial charge in [-0.15, -0.1) is 0 Å². The number of nitrogens with one attached hydrogen (secondary N) is 2. The van der Waals surface area contributed by atoms with Gasteiger partial charge in [-0.1, -0.05) is 18.2 Å². The molecule has 2 aromatic heterocycles. The molecule has 0 aliphatic heterocycles. The summed E-state index contributed by atoms with van der Waals surface area (Å²) in [6, 6.07) is 9.44. The average Bonchev–Trinajstić information content (AvgIpc) is 3.02. The van der Waals surface area contributed by atoms with Crippen LogP contribution < -0.4 is 5.32 Å². The number of benzene rings is 1. The SMILES string of the molecule is Cc1cc(C(=O)NCc2coc3ccccc23)n[nH]1. The van der Waals surface area contributed by atoms with Gasteiger partial charge in [-0.05, 0) is 19.1 Å². The molecule has 0 aliphatic carbocycles. The van der Waals surface area contributed by atoms with Gasteiger partial charge in [0, 0.05) is 23.2 Å². The Balaban J connectivity index is 1.74. The molecule has 0 bridgehead atoms. The van der Waals surface area contributed by atoms with Crippen molar-refractivity contribution in [3.8, 4) is 0 Å². The van der Waals surface area contributed by atoms with Gasteiger partial charge in [0.1, 0.15) is 11.3 Å². The number of carbonyl (C=O) groups is 1. The smallest absolute Gasteiger partial charge is 0.272 e. The molecule has 0 radical (unpaired) electrons. The van der Waals surface area contributed by atoms with E-state index in [4.69, 9.17) is 4.42 Å². The van der Waals surface area contributed by atoms with Gasteiger partial charge in [-0.2, -0.15) is 5.10 Å². The minimum Gasteiger partial charge on any atom is -0.464 e. The number of carbonyl (C=O) groups excluding carboxylic acids is 1. The first-order valence-electron chi connectivity index (χ1n) is 5.99. The Hall–Kier alpha value is -2.56. The van der Waals surface area contributed by atoms with Crippen molar-refractivity contribution >= 4 is 16.9 Å². The molecule has 1 amide bonds. The van der Waals surface area contributed by atoms with E-state index in [0.29, 0.717) is 12.2 Å². The molecular formula is C14H13N3O2. The van der Waals surface area contributed by atoms with Crippen LogP contribution in [-0.4, -0.2) is 16.1 Å². The fourth-order valence-electron chi connectivity index (χ4n) is 1.97. The number of fused-ring (bicyclic) bond motifs is 1. The molecule has 3 aromatic rings. The highest BCUT2D eigenvalue weighted by molar-refractivity contribution is 5.92. The summed E-state index contributed by atoms with van der Waals surface area (Å²) in [6.07, 6.45) is 1.67. The first-order chi connectivity index (χ1) is 9.24. The normalized spacial score (nSPS) is 10.8. The minimum atomic E-state index is -0.199. The van der Waals surface area contributed by atoms with E-state index < -0.39 is 0 Å². The fraction of sp³-hybridized carbons (Fsp3) is 0.143. The van der Waals surface area contributed by atoms with Crippen molar-refractivity contribution in [1.29, 1.82) is 0 Å². The Bertz CT molecular complexity index is 727. The van der Waals surface area contributed by atoms with Crippen LogP contribution in [-0.2, 0) is 6.54 Å². The summed E-state index contributed by atoms with van der Waals surface area (Å²) in [5.41, 5.74) is 3.03. The lowest BCUT2D eigenvalue weighted by Crippen LogP contribution is -2.22. The molecule has 0 aliphatic rings. The van der Waals surface area contributed by atoms with Crippen LogP contribution in [0.1, 0.15) is 21.7 Å². The third-order valence-corrected chi connectivity index (χ3v) is 2.94. The molecule has 0 saturated heterocycles. The maximum atomic E-state index is 11.9. The molecule has 0 saturated carbocycles. The molecule has 3 rings (SSSR count). The van der Waals surface area contributed by atoms with Crippen molar-refractivity contribution in [2.24, 2.45) is 0 Å². The molecule has 96 valence electrons. The number of furan rings is 1. The van der Waals surface area contributed by atoms with E-state index in [-0.39, 0.29) is 5.91 Å². The predicted molar refractivity (Wildman–Crippen MR) is 70.7 cm³/mol. The van der Waals surface area contributed by atoms with Gasteiger partial charge in [0.15, 0.2) is 0 Å². The fourth-order valence-corrected chi connectivity index (χ4v) is 1.97. The monoisotopic (exact) mass is 255 g/mol. The van der Waals surface area contributed by atoms with Gasteiger partial charge in [-0.3, -0.25) is 9.89 Å². The largest absolute Gasteiger partial charge is 0.464 e. The molecule has 0 unspecified atom stereocenters. The van der Waals surface area contributed by atoms with E-state index in [0.717, 1.165) is 22.2 Å². The summed E-state index contributed by atoms with van der Waals surface area (Å²) in [4.78, 5) is 11.9. The van der Waals surface area contributed by atoms with Crippen molar-refractivity contribution in [3.05, 3.63) is 53.5 Å². The Labute approximate surface area is 109 Å². The molecule has 0 fully saturated rings. The van der Waals surface area contributed by atoms with E-state index >= 15 is 0 Å². The van der Waals surface area contributed by atoms with Gasteiger partial charge in [-0.25, -0.2) is 0 Å². The van der Waals surface area contributed by atoms with E-state index in [2.05, 4.69) is 15.5 Å². The van der Waals surface area contributed by atoms with Gasteiger partial charge >= 0.3 is 0 Å². The van der Waals surface area contributed by atoms with Crippen LogP contribution >= 0.6 is 0 Å². The molecule has 19 heavy (non-hydrogen) atoms. The van der Waals surface area contributed by atoms with Crippen LogP contribution in [0.5, 0.6) is 0 Å². The zero-order valence-corrected chi connectivity index (χ0v) is 10.4. The second-order valence-electron chi connectivity index (χ2n) is 4.38. The van der Waals surface area contributed by atoms with Crippen molar-refractivity contribution in [2.75, 3.05) is 0 Å². The number of hydrogen-bond donors (Lipinski definition) is 2. The highest BCUT2D eigenvalue weighted by Gasteiger charge is 2.10. The summed E-state index contributed by atoms with van der Waals surface area (Å²) < 4.78 is 5.42. The Kier molecular flexibility index (Phi) is 2.79. The van der Waals surface area contributed by atoms with E-state index in [1.165, 1.54) is 0 Å². The Morgan fingerprint density at radius 1 is 1.42 bits per heavy atom. The van der Waals surface area contributed by atoms with Gasteiger partial charge in [0.2, 0.25) is 0 Å². The zero-order valence-electron chi connectivity index (χ0n) is 10.4. The van der Waals surface area contributed by atoms with E-state index in [1.807, 2.05) is 31.2 Å². The number of amides is 1. The van der Waals surface area contributed by atoms with Crippen molar-refractivity contribution < 1.29 is 9.21 Å². The molecule has 0 atom stereocenters. The van der Waals surface area contributed by atoms with Crippen molar-refractivity contribution in [3.63, 3.8) is 0 Å². The zero-order chi connectivity index (χ0) is 13.2. The molecule has 2 N–H and O–H groups in total. The van der Waals surface area contributed by atoms with E-state index in [1.54, 1.807) is 12.3 Å². The van der Waals surface area contributed by atoms with Crippen LogP contribution in [0.15, 0.2) is 41.0 Å². The number of para-hydroxylation sites is 1. The minimum absolute atomic E-state index is 0.199. The summed E-state index contributed by atoms with van der Waals surface area (Å²) >= 11 is 0. The topological polar surface area (TPSA) is 70.9 Å². The lowest BCUT2D eigenvalue weighted by Gasteiger charge is -2.01. The lowest BCUT2D eigenvalue weighted by atomic mass is 10.2. The lowest BCUT2D eigenvalue weighted by molar-refractivity contribution is 0.0946. The molecule has 5 nitrogen and oxygen atoms in total. The molecular weight excluding hydrogens is 242 g/mol. The summed E-state index contributed by atoms with van der Waals surface area (Å²) in [5, 5.41) is 10.5. The Morgan fingerprint density at radius 2 is 2.26 bits per heavy atom. The van der Waals surface area contributed by atoms with Crippen molar-refractivity contribution in [2.45, 2.75) is 13.5 Å². The Morgan fingerprint density at radius 3 is 3.05 bits per heavy atom. The van der Waals surface area contributed by atoms with Crippen LogP contribution in [0.4, 0.5) is 0 Å². The van der Waals surface area contributed by atoms with Crippen molar-refractivity contribution in [1.82, 2.24) is 15.5 Å². The quantitative estimate of drug-likeness (QED) is 0.755. The van der Waals surface area contributed by atoms with Gasteiger partial charge < -0.3 is 9.73 Å². The number of H-pyrrole nitrogens is 1. The van der Waals surface area contributed by atoms with Crippen LogP contribution in [0.2, 0.25) is 0 Å². The van der Waals surface area contributed by atoms with Crippen LogP contribution in [0, 0.1) is 6.92 Å². The van der Waals surface area contributed by atoms with Crippen LogP contribution in [0.25, 0.3) is 11.0 Å². The van der Waals surface area contributed by atoms with E-state index in [9.17, 15) is 4.79 Å². The average molecular weight is 255 g/mol. The number of aryl methyl sites for hydroxylation is 1. The maximum Gasteiger partial charge on any atom is 0.272 e. The number of aromatic nitrogens is 2. The highest BCUT2D eigenvalue weighted by Crippen LogP contribution is 2.20. The van der Waals surface area contributed by atoms with Gasteiger partial charge in [0.05, 0.1) is 6.26 Å². The highest BCUT2D eigenvalue weighted by atomic mass is 16.3. The van der Waals surface area contributed by atoms with Crippen LogP contribution in [0.3, 0.4) is 0 Å². The molecule has 2 heterocycles. The third kappa shape index (κ3) is 2.22. The standard InChI is InChI=1S/C14H13N3O2/c1-9-6-12(17-16-9)14(18)15-7-10-8-19-13-5-3-2-4-11(10)13/h2-6,8H,7H2,1H3,(H,15,18)(H,16,17). The van der Waals surface area contributed by atoms with Gasteiger partial charge in [0.25, 0.3) is 5.91 Å². The molecule has 5 heteroatoms. The summed E-state index contributed by atoms with van der Waals surface area (Å²) in [5.74, 6) is -0.199. The third-order valence-electron chi connectivity index (χ3n) is 2.94. The maximum absolute atomic E-state index is 11.9. The molecule has 1 aromatic carbocycles. The number of rotatable bonds is 3. The summed E-state index contributed by atoms with van der Waals surface area (Å²) in [6.45, 7) is 2.27. The molecule has 0 spiro atoms. The second kappa shape index (κ2) is 4.61.